The summed E-state index contributed by atoms with van der Waals surface area (Å²) >= 11 is 0. The average molecular weight is 370 g/mol. The van der Waals surface area contributed by atoms with Gasteiger partial charge in [-0.15, -0.1) is 0 Å². The topological polar surface area (TPSA) is 70.4 Å². The molecule has 0 N–H and O–H groups in total. The van der Waals surface area contributed by atoms with Crippen molar-refractivity contribution in [1.29, 1.82) is 5.26 Å². The van der Waals surface area contributed by atoms with Gasteiger partial charge in [-0.1, -0.05) is 18.2 Å². The molecule has 0 aromatic heterocycles. The maximum absolute atomic E-state index is 13.0. The van der Waals surface area contributed by atoms with Crippen LogP contribution in [-0.2, 0) is 10.0 Å². The molecule has 1 aliphatic carbocycles. The van der Waals surface area contributed by atoms with E-state index in [2.05, 4.69) is 0 Å². The van der Waals surface area contributed by atoms with E-state index in [0.29, 0.717) is 18.7 Å². The summed E-state index contributed by atoms with van der Waals surface area (Å²) < 4.78 is 33.4. The zero-order chi connectivity index (χ0) is 18.7. The van der Waals surface area contributed by atoms with Crippen LogP contribution in [0.15, 0.2) is 47.4 Å². The summed E-state index contributed by atoms with van der Waals surface area (Å²) in [5, 5.41) is 8.88. The van der Waals surface area contributed by atoms with Gasteiger partial charge in [0.15, 0.2) is 0 Å². The molecular formula is C20H22N2O3S. The summed E-state index contributed by atoms with van der Waals surface area (Å²) in [5.74, 6) is 0.819. The predicted molar refractivity (Wildman–Crippen MR) is 99.5 cm³/mol. The van der Waals surface area contributed by atoms with E-state index in [1.165, 1.54) is 28.6 Å². The van der Waals surface area contributed by atoms with Gasteiger partial charge in [-0.25, -0.2) is 8.42 Å². The van der Waals surface area contributed by atoms with E-state index in [1.807, 2.05) is 38.1 Å². The Morgan fingerprint density at radius 2 is 1.73 bits per heavy atom. The third kappa shape index (κ3) is 3.90. The Labute approximate surface area is 154 Å². The van der Waals surface area contributed by atoms with Crippen LogP contribution in [0, 0.1) is 25.2 Å². The molecule has 0 unspecified atom stereocenters. The summed E-state index contributed by atoms with van der Waals surface area (Å²) in [7, 11) is -3.59. The zero-order valence-electron chi connectivity index (χ0n) is 15.0. The SMILES string of the molecule is Cc1cccc(C)c1OCCN(C1CC1)S(=O)(=O)c1ccc(C#N)cc1. The molecule has 136 valence electrons. The van der Waals surface area contributed by atoms with Gasteiger partial charge in [0.25, 0.3) is 0 Å². The first kappa shape index (κ1) is 18.4. The highest BCUT2D eigenvalue weighted by Gasteiger charge is 2.37. The molecule has 0 amide bonds. The zero-order valence-corrected chi connectivity index (χ0v) is 15.8. The van der Waals surface area contributed by atoms with Crippen LogP contribution < -0.4 is 4.74 Å². The van der Waals surface area contributed by atoms with Crippen LogP contribution in [0.2, 0.25) is 0 Å². The van der Waals surface area contributed by atoms with E-state index in [9.17, 15) is 8.42 Å². The second-order valence-corrected chi connectivity index (χ2v) is 8.44. The number of nitrogens with zero attached hydrogens (tertiary/aromatic N) is 2. The molecular weight excluding hydrogens is 348 g/mol. The van der Waals surface area contributed by atoms with E-state index in [-0.39, 0.29) is 10.9 Å². The van der Waals surface area contributed by atoms with Crippen molar-refractivity contribution in [2.45, 2.75) is 37.6 Å². The molecule has 1 saturated carbocycles. The lowest BCUT2D eigenvalue weighted by atomic mass is 10.1. The number of ether oxygens (including phenoxy) is 1. The van der Waals surface area contributed by atoms with E-state index in [0.717, 1.165) is 29.7 Å². The van der Waals surface area contributed by atoms with Crippen molar-refractivity contribution in [3.63, 3.8) is 0 Å². The first-order valence-corrected chi connectivity index (χ1v) is 10.1. The minimum atomic E-state index is -3.59. The number of aryl methyl sites for hydroxylation is 2. The Morgan fingerprint density at radius 3 is 2.27 bits per heavy atom. The van der Waals surface area contributed by atoms with Crippen molar-refractivity contribution in [1.82, 2.24) is 4.31 Å². The number of para-hydroxylation sites is 1. The molecule has 0 saturated heterocycles. The molecule has 0 bridgehead atoms. The summed E-state index contributed by atoms with van der Waals surface area (Å²) in [4.78, 5) is 0.218. The van der Waals surface area contributed by atoms with Crippen molar-refractivity contribution >= 4 is 10.0 Å². The number of benzene rings is 2. The van der Waals surface area contributed by atoms with Crippen molar-refractivity contribution in [2.75, 3.05) is 13.2 Å². The Morgan fingerprint density at radius 1 is 1.12 bits per heavy atom. The summed E-state index contributed by atoms with van der Waals surface area (Å²) in [5.41, 5.74) is 2.52. The van der Waals surface area contributed by atoms with Crippen molar-refractivity contribution < 1.29 is 13.2 Å². The number of hydrogen-bond acceptors (Lipinski definition) is 4. The molecule has 1 aliphatic rings. The molecule has 5 nitrogen and oxygen atoms in total. The molecule has 26 heavy (non-hydrogen) atoms. The van der Waals surface area contributed by atoms with Gasteiger partial charge in [0, 0.05) is 12.6 Å². The quantitative estimate of drug-likeness (QED) is 0.749. The monoisotopic (exact) mass is 370 g/mol. The first-order chi connectivity index (χ1) is 12.4. The highest BCUT2D eigenvalue weighted by molar-refractivity contribution is 7.89. The lowest BCUT2D eigenvalue weighted by molar-refractivity contribution is 0.266. The van der Waals surface area contributed by atoms with Crippen molar-refractivity contribution in [3.8, 4) is 11.8 Å². The molecule has 0 aliphatic heterocycles. The van der Waals surface area contributed by atoms with Crippen LogP contribution >= 0.6 is 0 Å². The summed E-state index contributed by atoms with van der Waals surface area (Å²) in [6.45, 7) is 4.57. The molecule has 2 aromatic rings. The molecule has 0 heterocycles. The lowest BCUT2D eigenvalue weighted by Gasteiger charge is -2.22. The molecule has 1 fully saturated rings. The minimum Gasteiger partial charge on any atom is -0.492 e. The Kier molecular flexibility index (Phi) is 5.30. The Balaban J connectivity index is 1.74. The van der Waals surface area contributed by atoms with E-state index in [4.69, 9.17) is 10.00 Å². The first-order valence-electron chi connectivity index (χ1n) is 8.64. The van der Waals surface area contributed by atoms with Gasteiger partial charge in [0.05, 0.1) is 16.5 Å². The van der Waals surface area contributed by atoms with Gasteiger partial charge in [0.2, 0.25) is 10.0 Å². The molecule has 0 radical (unpaired) electrons. The smallest absolute Gasteiger partial charge is 0.243 e. The van der Waals surface area contributed by atoms with Crippen LogP contribution in [0.4, 0.5) is 0 Å². The van der Waals surface area contributed by atoms with Crippen molar-refractivity contribution in [3.05, 3.63) is 59.2 Å². The number of rotatable bonds is 7. The average Bonchev–Trinajstić information content (AvgIpc) is 3.45. The molecule has 0 spiro atoms. The van der Waals surface area contributed by atoms with Crippen LogP contribution in [0.1, 0.15) is 29.5 Å². The van der Waals surface area contributed by atoms with Gasteiger partial charge in [-0.05, 0) is 62.1 Å². The van der Waals surface area contributed by atoms with Crippen LogP contribution in [0.5, 0.6) is 5.75 Å². The lowest BCUT2D eigenvalue weighted by Crippen LogP contribution is -2.36. The van der Waals surface area contributed by atoms with Gasteiger partial charge in [0.1, 0.15) is 12.4 Å². The fourth-order valence-electron chi connectivity index (χ4n) is 2.96. The Hall–Kier alpha value is -2.36. The fourth-order valence-corrected chi connectivity index (χ4v) is 4.63. The van der Waals surface area contributed by atoms with E-state index >= 15 is 0 Å². The highest BCUT2D eigenvalue weighted by Crippen LogP contribution is 2.32. The second-order valence-electron chi connectivity index (χ2n) is 6.55. The molecule has 6 heteroatoms. The van der Waals surface area contributed by atoms with Gasteiger partial charge in [-0.2, -0.15) is 9.57 Å². The summed E-state index contributed by atoms with van der Waals surface area (Å²) in [6.07, 6.45) is 1.75. The number of nitriles is 1. The third-order valence-electron chi connectivity index (χ3n) is 4.51. The fraction of sp³-hybridized carbons (Fsp3) is 0.350. The number of sulfonamides is 1. The molecule has 3 rings (SSSR count). The molecule has 0 atom stereocenters. The minimum absolute atomic E-state index is 0.0391. The Bertz CT molecular complexity index is 906. The van der Waals surface area contributed by atoms with Crippen LogP contribution in [-0.4, -0.2) is 31.9 Å². The standard InChI is InChI=1S/C20H22N2O3S/c1-15-4-3-5-16(2)20(15)25-13-12-22(18-8-9-18)26(23,24)19-10-6-17(14-21)7-11-19/h3-7,10-11,18H,8-9,12-13H2,1-2H3. The van der Waals surface area contributed by atoms with Crippen LogP contribution in [0.25, 0.3) is 0 Å². The predicted octanol–water partition coefficient (Wildman–Crippen LogP) is 3.41. The summed E-state index contributed by atoms with van der Waals surface area (Å²) in [6, 6.07) is 14.0. The second kappa shape index (κ2) is 7.48. The van der Waals surface area contributed by atoms with E-state index in [1.54, 1.807) is 0 Å². The van der Waals surface area contributed by atoms with Crippen molar-refractivity contribution in [2.24, 2.45) is 0 Å². The molecule has 2 aromatic carbocycles. The third-order valence-corrected chi connectivity index (χ3v) is 6.48. The number of hydrogen-bond donors (Lipinski definition) is 0. The van der Waals surface area contributed by atoms with Gasteiger partial charge < -0.3 is 4.74 Å². The highest BCUT2D eigenvalue weighted by atomic mass is 32.2. The largest absolute Gasteiger partial charge is 0.492 e. The van der Waals surface area contributed by atoms with Gasteiger partial charge in [-0.3, -0.25) is 0 Å². The van der Waals surface area contributed by atoms with E-state index < -0.39 is 10.0 Å². The van der Waals surface area contributed by atoms with Gasteiger partial charge >= 0.3 is 0 Å². The normalized spacial score (nSPS) is 14.2. The maximum atomic E-state index is 13.0. The maximum Gasteiger partial charge on any atom is 0.243 e. The van der Waals surface area contributed by atoms with Crippen LogP contribution in [0.3, 0.4) is 0 Å².